The van der Waals surface area contributed by atoms with Gasteiger partial charge in [0.2, 0.25) is 15.9 Å². The third kappa shape index (κ3) is 3.17. The van der Waals surface area contributed by atoms with Crippen LogP contribution < -0.4 is 4.72 Å². The zero-order valence-electron chi connectivity index (χ0n) is 10.4. The predicted octanol–water partition coefficient (Wildman–Crippen LogP) is 1.99. The van der Waals surface area contributed by atoms with Crippen LogP contribution in [-0.2, 0) is 16.6 Å². The Morgan fingerprint density at radius 3 is 2.80 bits per heavy atom. The first-order chi connectivity index (χ1) is 9.42. The third-order valence-corrected chi connectivity index (χ3v) is 4.32. The van der Waals surface area contributed by atoms with Crippen LogP contribution in [0.2, 0.25) is 5.02 Å². The molecule has 0 bridgehead atoms. The minimum Gasteiger partial charge on any atom is -0.445 e. The van der Waals surface area contributed by atoms with Gasteiger partial charge in [-0.15, -0.1) is 0 Å². The molecule has 104 valence electrons. The van der Waals surface area contributed by atoms with Gasteiger partial charge in [0.1, 0.15) is 10.7 Å². The van der Waals surface area contributed by atoms with E-state index in [0.717, 1.165) is 0 Å². The van der Waals surface area contributed by atoms with E-state index >= 15 is 0 Å². The molecule has 0 aliphatic rings. The average molecular weight is 312 g/mol. The van der Waals surface area contributed by atoms with Gasteiger partial charge in [0.05, 0.1) is 29.4 Å². The Morgan fingerprint density at radius 2 is 2.25 bits per heavy atom. The highest BCUT2D eigenvalue weighted by molar-refractivity contribution is 7.89. The van der Waals surface area contributed by atoms with Crippen LogP contribution in [0, 0.1) is 18.3 Å². The SMILES string of the molecule is Cc1cnc(CNS(=O)(=O)c2ccc(C#N)cc2Cl)o1. The first-order valence-corrected chi connectivity index (χ1v) is 7.39. The molecule has 8 heteroatoms. The first kappa shape index (κ1) is 14.5. The highest BCUT2D eigenvalue weighted by Crippen LogP contribution is 2.22. The van der Waals surface area contributed by atoms with Gasteiger partial charge in [-0.1, -0.05) is 11.6 Å². The smallest absolute Gasteiger partial charge is 0.242 e. The van der Waals surface area contributed by atoms with Gasteiger partial charge in [0.15, 0.2) is 0 Å². The highest BCUT2D eigenvalue weighted by atomic mass is 35.5. The lowest BCUT2D eigenvalue weighted by Crippen LogP contribution is -2.23. The quantitative estimate of drug-likeness (QED) is 0.931. The van der Waals surface area contributed by atoms with E-state index in [0.29, 0.717) is 5.76 Å². The van der Waals surface area contributed by atoms with Crippen molar-refractivity contribution in [1.82, 2.24) is 9.71 Å². The van der Waals surface area contributed by atoms with Crippen LogP contribution in [0.25, 0.3) is 0 Å². The van der Waals surface area contributed by atoms with Crippen LogP contribution in [0.15, 0.2) is 33.7 Å². The van der Waals surface area contributed by atoms with Crippen molar-refractivity contribution in [3.63, 3.8) is 0 Å². The monoisotopic (exact) mass is 311 g/mol. The van der Waals surface area contributed by atoms with Gasteiger partial charge < -0.3 is 4.42 Å². The third-order valence-electron chi connectivity index (χ3n) is 2.43. The summed E-state index contributed by atoms with van der Waals surface area (Å²) in [6.07, 6.45) is 1.50. The molecule has 0 unspecified atom stereocenters. The van der Waals surface area contributed by atoms with Crippen LogP contribution in [0.1, 0.15) is 17.2 Å². The molecule has 2 aromatic rings. The minimum absolute atomic E-state index is 0.0138. The average Bonchev–Trinajstić information content (AvgIpc) is 2.82. The van der Waals surface area contributed by atoms with Gasteiger partial charge in [-0.2, -0.15) is 5.26 Å². The number of halogens is 1. The van der Waals surface area contributed by atoms with Gasteiger partial charge in [-0.25, -0.2) is 18.1 Å². The number of benzene rings is 1. The first-order valence-electron chi connectivity index (χ1n) is 5.53. The number of rotatable bonds is 4. The standard InChI is InChI=1S/C12H10ClN3O3S/c1-8-6-15-12(19-8)7-16-20(17,18)11-3-2-9(5-14)4-10(11)13/h2-4,6,16H,7H2,1H3. The predicted molar refractivity (Wildman–Crippen MR) is 71.4 cm³/mol. The van der Waals surface area contributed by atoms with Crippen molar-refractivity contribution >= 4 is 21.6 Å². The number of nitriles is 1. The zero-order valence-corrected chi connectivity index (χ0v) is 12.0. The fourth-order valence-electron chi connectivity index (χ4n) is 1.51. The van der Waals surface area contributed by atoms with Crippen LogP contribution >= 0.6 is 11.6 Å². The summed E-state index contributed by atoms with van der Waals surface area (Å²) >= 11 is 5.87. The molecule has 6 nitrogen and oxygen atoms in total. The Bertz CT molecular complexity index is 777. The number of aromatic nitrogens is 1. The molecular formula is C12H10ClN3O3S. The summed E-state index contributed by atoms with van der Waals surface area (Å²) in [5.74, 6) is 0.853. The molecule has 1 heterocycles. The fraction of sp³-hybridized carbons (Fsp3) is 0.167. The van der Waals surface area contributed by atoms with Gasteiger partial charge in [0, 0.05) is 0 Å². The molecule has 0 atom stereocenters. The molecule has 0 amide bonds. The van der Waals surface area contributed by atoms with Crippen molar-refractivity contribution in [1.29, 1.82) is 5.26 Å². The van der Waals surface area contributed by atoms with E-state index in [1.807, 2.05) is 6.07 Å². The second-order valence-electron chi connectivity index (χ2n) is 3.95. The number of hydrogen-bond acceptors (Lipinski definition) is 5. The topological polar surface area (TPSA) is 96.0 Å². The van der Waals surface area contributed by atoms with Crippen LogP contribution in [0.5, 0.6) is 0 Å². The Hall–Kier alpha value is -1.88. The summed E-state index contributed by atoms with van der Waals surface area (Å²) in [5, 5.41) is 8.70. The Morgan fingerprint density at radius 1 is 1.50 bits per heavy atom. The van der Waals surface area contributed by atoms with Crippen molar-refractivity contribution in [3.05, 3.63) is 46.6 Å². The Kier molecular flexibility index (Phi) is 4.09. The number of oxazole rings is 1. The second-order valence-corrected chi connectivity index (χ2v) is 6.09. The van der Waals surface area contributed by atoms with Crippen LogP contribution in [-0.4, -0.2) is 13.4 Å². The van der Waals surface area contributed by atoms with Gasteiger partial charge >= 0.3 is 0 Å². The highest BCUT2D eigenvalue weighted by Gasteiger charge is 2.18. The van der Waals surface area contributed by atoms with Gasteiger partial charge in [-0.3, -0.25) is 0 Å². The van der Waals surface area contributed by atoms with Gasteiger partial charge in [-0.05, 0) is 25.1 Å². The molecule has 0 fully saturated rings. The number of nitrogens with zero attached hydrogens (tertiary/aromatic N) is 2. The van der Waals surface area contributed by atoms with Crippen molar-refractivity contribution in [2.75, 3.05) is 0 Å². The molecule has 1 aromatic heterocycles. The largest absolute Gasteiger partial charge is 0.445 e. The number of sulfonamides is 1. The number of nitrogens with one attached hydrogen (secondary N) is 1. The van der Waals surface area contributed by atoms with E-state index in [4.69, 9.17) is 21.3 Å². The second kappa shape index (κ2) is 5.63. The van der Waals surface area contributed by atoms with Crippen molar-refractivity contribution in [2.45, 2.75) is 18.4 Å². The zero-order chi connectivity index (χ0) is 14.8. The summed E-state index contributed by atoms with van der Waals surface area (Å²) < 4.78 is 31.7. The molecule has 0 spiro atoms. The van der Waals surface area contributed by atoms with Crippen molar-refractivity contribution in [3.8, 4) is 6.07 Å². The van der Waals surface area contributed by atoms with E-state index < -0.39 is 10.0 Å². The summed E-state index contributed by atoms with van der Waals surface area (Å²) in [7, 11) is -3.80. The number of aryl methyl sites for hydroxylation is 1. The lowest BCUT2D eigenvalue weighted by molar-refractivity contribution is 0.463. The maximum absolute atomic E-state index is 12.1. The molecule has 0 aliphatic carbocycles. The minimum atomic E-state index is -3.80. The molecule has 0 aliphatic heterocycles. The summed E-state index contributed by atoms with van der Waals surface area (Å²) in [4.78, 5) is 3.80. The maximum Gasteiger partial charge on any atom is 0.242 e. The van der Waals surface area contributed by atoms with Crippen molar-refractivity contribution < 1.29 is 12.8 Å². The van der Waals surface area contributed by atoms with E-state index in [2.05, 4.69) is 9.71 Å². The van der Waals surface area contributed by atoms with E-state index in [1.165, 1.54) is 24.4 Å². The molecule has 0 radical (unpaired) electrons. The summed E-state index contributed by atoms with van der Waals surface area (Å²) in [6.45, 7) is 1.63. The molecule has 1 N–H and O–H groups in total. The molecule has 20 heavy (non-hydrogen) atoms. The lowest BCUT2D eigenvalue weighted by Gasteiger charge is -2.07. The molecule has 1 aromatic carbocycles. The summed E-state index contributed by atoms with van der Waals surface area (Å²) in [6, 6.07) is 5.85. The number of hydrogen-bond donors (Lipinski definition) is 1. The van der Waals surface area contributed by atoms with Gasteiger partial charge in [0.25, 0.3) is 0 Å². The Labute approximate surface area is 121 Å². The van der Waals surface area contributed by atoms with Crippen LogP contribution in [0.4, 0.5) is 0 Å². The molecular weight excluding hydrogens is 302 g/mol. The molecule has 2 rings (SSSR count). The lowest BCUT2D eigenvalue weighted by atomic mass is 10.2. The van der Waals surface area contributed by atoms with Crippen molar-refractivity contribution in [2.24, 2.45) is 0 Å². The maximum atomic E-state index is 12.1. The Balaban J connectivity index is 2.20. The van der Waals surface area contributed by atoms with E-state index in [-0.39, 0.29) is 27.9 Å². The van der Waals surface area contributed by atoms with E-state index in [9.17, 15) is 8.42 Å². The van der Waals surface area contributed by atoms with Crippen LogP contribution in [0.3, 0.4) is 0 Å². The molecule has 0 saturated carbocycles. The summed E-state index contributed by atoms with van der Waals surface area (Å²) in [5.41, 5.74) is 0.289. The normalized spacial score (nSPS) is 11.2. The fourth-order valence-corrected chi connectivity index (χ4v) is 3.02. The molecule has 0 saturated heterocycles. The van der Waals surface area contributed by atoms with E-state index in [1.54, 1.807) is 6.92 Å².